The maximum absolute atomic E-state index is 5.77. The molecular formula is C12H17N7OS. The SMILES string of the molecule is Cc1cnc(CNc2nc(N)nc(N3CCOCC3)n2)s1. The van der Waals surface area contributed by atoms with E-state index < -0.39 is 0 Å². The topological polar surface area (TPSA) is 102 Å². The van der Waals surface area contributed by atoms with E-state index >= 15 is 0 Å². The van der Waals surface area contributed by atoms with Gasteiger partial charge in [0.1, 0.15) is 5.01 Å². The molecule has 0 atom stereocenters. The van der Waals surface area contributed by atoms with Crippen molar-refractivity contribution in [3.05, 3.63) is 16.1 Å². The number of nitrogens with zero attached hydrogens (tertiary/aromatic N) is 5. The molecule has 0 unspecified atom stereocenters. The van der Waals surface area contributed by atoms with Crippen molar-refractivity contribution in [2.45, 2.75) is 13.5 Å². The molecule has 3 rings (SSSR count). The number of ether oxygens (including phenoxy) is 1. The van der Waals surface area contributed by atoms with Gasteiger partial charge in [0, 0.05) is 24.2 Å². The Morgan fingerprint density at radius 3 is 2.86 bits per heavy atom. The highest BCUT2D eigenvalue weighted by atomic mass is 32.1. The van der Waals surface area contributed by atoms with Crippen LogP contribution in [0.25, 0.3) is 0 Å². The molecule has 3 N–H and O–H groups in total. The van der Waals surface area contributed by atoms with Gasteiger partial charge in [0.15, 0.2) is 0 Å². The van der Waals surface area contributed by atoms with Gasteiger partial charge in [-0.15, -0.1) is 11.3 Å². The van der Waals surface area contributed by atoms with Gasteiger partial charge in [0.05, 0.1) is 19.8 Å². The lowest BCUT2D eigenvalue weighted by Gasteiger charge is -2.26. The van der Waals surface area contributed by atoms with Crippen molar-refractivity contribution in [2.24, 2.45) is 0 Å². The molecule has 1 saturated heterocycles. The second kappa shape index (κ2) is 6.19. The highest BCUT2D eigenvalue weighted by molar-refractivity contribution is 7.11. The maximum atomic E-state index is 5.77. The van der Waals surface area contributed by atoms with Crippen molar-refractivity contribution in [1.82, 2.24) is 19.9 Å². The molecule has 1 aliphatic heterocycles. The number of nitrogens with two attached hydrogens (primary N) is 1. The molecule has 0 spiro atoms. The monoisotopic (exact) mass is 307 g/mol. The molecule has 0 saturated carbocycles. The van der Waals surface area contributed by atoms with E-state index in [0.29, 0.717) is 31.7 Å². The van der Waals surface area contributed by atoms with E-state index in [1.807, 2.05) is 18.0 Å². The lowest BCUT2D eigenvalue weighted by molar-refractivity contribution is 0.122. The summed E-state index contributed by atoms with van der Waals surface area (Å²) in [7, 11) is 0. The number of nitrogen functional groups attached to an aromatic ring is 1. The summed E-state index contributed by atoms with van der Waals surface area (Å²) in [6, 6.07) is 0. The second-order valence-corrected chi connectivity index (χ2v) is 5.95. The zero-order valence-electron chi connectivity index (χ0n) is 11.7. The van der Waals surface area contributed by atoms with Crippen LogP contribution in [0.15, 0.2) is 6.20 Å². The van der Waals surface area contributed by atoms with Crippen molar-refractivity contribution in [3.8, 4) is 0 Å². The molecule has 1 aliphatic rings. The summed E-state index contributed by atoms with van der Waals surface area (Å²) in [6.45, 7) is 5.46. The van der Waals surface area contributed by atoms with E-state index in [9.17, 15) is 0 Å². The standard InChI is InChI=1S/C12H17N7OS/c1-8-6-14-9(21-8)7-15-11-16-10(13)17-12(18-11)19-2-4-20-5-3-19/h6H,2-5,7H2,1H3,(H3,13,15,16,17,18). The quantitative estimate of drug-likeness (QED) is 0.849. The minimum Gasteiger partial charge on any atom is -0.378 e. The predicted molar refractivity (Wildman–Crippen MR) is 81.4 cm³/mol. The summed E-state index contributed by atoms with van der Waals surface area (Å²) in [4.78, 5) is 20.2. The molecule has 112 valence electrons. The number of hydrogen-bond donors (Lipinski definition) is 2. The summed E-state index contributed by atoms with van der Waals surface area (Å²) in [5.41, 5.74) is 5.77. The van der Waals surface area contributed by atoms with E-state index in [4.69, 9.17) is 10.5 Å². The van der Waals surface area contributed by atoms with Crippen LogP contribution in [0.1, 0.15) is 9.88 Å². The Labute approximate surface area is 126 Å². The molecule has 0 aromatic carbocycles. The summed E-state index contributed by atoms with van der Waals surface area (Å²) in [5, 5.41) is 4.13. The van der Waals surface area contributed by atoms with Crippen molar-refractivity contribution < 1.29 is 4.74 Å². The molecule has 9 heteroatoms. The maximum Gasteiger partial charge on any atom is 0.232 e. The zero-order valence-corrected chi connectivity index (χ0v) is 12.6. The number of nitrogens with one attached hydrogen (secondary N) is 1. The van der Waals surface area contributed by atoms with Gasteiger partial charge < -0.3 is 20.7 Å². The molecule has 2 aromatic heterocycles. The van der Waals surface area contributed by atoms with Gasteiger partial charge in [-0.2, -0.15) is 15.0 Å². The average Bonchev–Trinajstić information content (AvgIpc) is 2.91. The van der Waals surface area contributed by atoms with Gasteiger partial charge in [0.25, 0.3) is 0 Å². The normalized spacial score (nSPS) is 15.2. The number of anilines is 3. The lowest BCUT2D eigenvalue weighted by atomic mass is 10.4. The molecule has 2 aromatic rings. The Bertz CT molecular complexity index is 611. The van der Waals surface area contributed by atoms with Crippen LogP contribution in [-0.4, -0.2) is 46.2 Å². The van der Waals surface area contributed by atoms with Gasteiger partial charge in [-0.1, -0.05) is 0 Å². The van der Waals surface area contributed by atoms with Crippen LogP contribution in [0, 0.1) is 6.92 Å². The first-order valence-electron chi connectivity index (χ1n) is 6.70. The molecule has 8 nitrogen and oxygen atoms in total. The molecule has 0 radical (unpaired) electrons. The van der Waals surface area contributed by atoms with Crippen LogP contribution >= 0.6 is 11.3 Å². The second-order valence-electron chi connectivity index (χ2n) is 4.63. The highest BCUT2D eigenvalue weighted by Gasteiger charge is 2.15. The predicted octanol–water partition coefficient (Wildman–Crippen LogP) is 0.667. The van der Waals surface area contributed by atoms with Gasteiger partial charge in [-0.05, 0) is 6.92 Å². The van der Waals surface area contributed by atoms with Gasteiger partial charge >= 0.3 is 0 Å². The zero-order chi connectivity index (χ0) is 14.7. The molecular weight excluding hydrogens is 290 g/mol. The Morgan fingerprint density at radius 2 is 2.14 bits per heavy atom. The fourth-order valence-electron chi connectivity index (χ4n) is 2.00. The Morgan fingerprint density at radius 1 is 1.33 bits per heavy atom. The molecule has 0 amide bonds. The number of morpholine rings is 1. The molecule has 21 heavy (non-hydrogen) atoms. The van der Waals surface area contributed by atoms with Crippen molar-refractivity contribution in [3.63, 3.8) is 0 Å². The van der Waals surface area contributed by atoms with Crippen LogP contribution in [0.3, 0.4) is 0 Å². The van der Waals surface area contributed by atoms with E-state index in [-0.39, 0.29) is 5.95 Å². The largest absolute Gasteiger partial charge is 0.378 e. The van der Waals surface area contributed by atoms with Gasteiger partial charge in [-0.3, -0.25) is 0 Å². The first-order valence-corrected chi connectivity index (χ1v) is 7.52. The average molecular weight is 307 g/mol. The third-order valence-corrected chi connectivity index (χ3v) is 3.91. The third kappa shape index (κ3) is 3.56. The van der Waals surface area contributed by atoms with Gasteiger partial charge in [-0.25, -0.2) is 4.98 Å². The first-order chi connectivity index (χ1) is 10.2. The number of rotatable bonds is 4. The van der Waals surface area contributed by atoms with Crippen molar-refractivity contribution in [1.29, 1.82) is 0 Å². The number of aryl methyl sites for hydroxylation is 1. The van der Waals surface area contributed by atoms with Crippen LogP contribution < -0.4 is 16.0 Å². The van der Waals surface area contributed by atoms with E-state index in [2.05, 4.69) is 25.3 Å². The van der Waals surface area contributed by atoms with Crippen molar-refractivity contribution >= 4 is 29.2 Å². The first kappa shape index (κ1) is 14.0. The highest BCUT2D eigenvalue weighted by Crippen LogP contribution is 2.15. The summed E-state index contributed by atoms with van der Waals surface area (Å²) >= 11 is 1.64. The molecule has 3 heterocycles. The summed E-state index contributed by atoms with van der Waals surface area (Å²) in [5.74, 6) is 1.27. The van der Waals surface area contributed by atoms with Gasteiger partial charge in [0.2, 0.25) is 17.8 Å². The number of aromatic nitrogens is 4. The minimum absolute atomic E-state index is 0.212. The third-order valence-electron chi connectivity index (χ3n) is 3.00. The van der Waals surface area contributed by atoms with Crippen molar-refractivity contribution in [2.75, 3.05) is 42.3 Å². The Kier molecular flexibility index (Phi) is 4.11. The molecule has 0 bridgehead atoms. The molecule has 1 fully saturated rings. The summed E-state index contributed by atoms with van der Waals surface area (Å²) in [6.07, 6.45) is 1.85. The Balaban J connectivity index is 1.71. The van der Waals surface area contributed by atoms with Crippen LogP contribution in [-0.2, 0) is 11.3 Å². The lowest BCUT2D eigenvalue weighted by Crippen LogP contribution is -2.37. The van der Waals surface area contributed by atoms with Crippen LogP contribution in [0.4, 0.5) is 17.8 Å². The summed E-state index contributed by atoms with van der Waals surface area (Å²) < 4.78 is 5.32. The Hall–Kier alpha value is -2.00. The van der Waals surface area contributed by atoms with E-state index in [1.165, 1.54) is 4.88 Å². The van der Waals surface area contributed by atoms with Crippen LogP contribution in [0.2, 0.25) is 0 Å². The molecule has 0 aliphatic carbocycles. The van der Waals surface area contributed by atoms with E-state index in [1.54, 1.807) is 11.3 Å². The fourth-order valence-corrected chi connectivity index (χ4v) is 2.73. The minimum atomic E-state index is 0.212. The smallest absolute Gasteiger partial charge is 0.232 e. The number of thiazole rings is 1. The van der Waals surface area contributed by atoms with Crippen LogP contribution in [0.5, 0.6) is 0 Å². The fraction of sp³-hybridized carbons (Fsp3) is 0.500. The van der Waals surface area contributed by atoms with E-state index in [0.717, 1.165) is 18.1 Å². The number of hydrogen-bond acceptors (Lipinski definition) is 9.